The van der Waals surface area contributed by atoms with Gasteiger partial charge in [0, 0.05) is 25.4 Å². The SMILES string of the molecule is CCc1ccccc1NC(=O)N1CC(n2cc(COCC3CC3)nn2)C1. The van der Waals surface area contributed by atoms with Crippen LogP contribution in [0.15, 0.2) is 30.5 Å². The summed E-state index contributed by atoms with van der Waals surface area (Å²) >= 11 is 0. The molecule has 26 heavy (non-hydrogen) atoms. The number of amides is 2. The van der Waals surface area contributed by atoms with Crippen LogP contribution in [0.3, 0.4) is 0 Å². The van der Waals surface area contributed by atoms with E-state index in [4.69, 9.17) is 4.74 Å². The van der Waals surface area contributed by atoms with Gasteiger partial charge in [0.05, 0.1) is 18.8 Å². The van der Waals surface area contributed by atoms with E-state index >= 15 is 0 Å². The lowest BCUT2D eigenvalue weighted by molar-refractivity contribution is 0.108. The second-order valence-electron chi connectivity index (χ2n) is 7.15. The van der Waals surface area contributed by atoms with Crippen LogP contribution >= 0.6 is 0 Å². The summed E-state index contributed by atoms with van der Waals surface area (Å²) in [5.41, 5.74) is 2.88. The number of carbonyl (C=O) groups excluding carboxylic acids is 1. The first-order valence-electron chi connectivity index (χ1n) is 9.35. The minimum atomic E-state index is -0.0599. The molecule has 2 heterocycles. The fourth-order valence-electron chi connectivity index (χ4n) is 3.11. The van der Waals surface area contributed by atoms with Crippen LogP contribution in [0, 0.1) is 5.92 Å². The summed E-state index contributed by atoms with van der Waals surface area (Å²) in [5, 5.41) is 11.4. The molecule has 2 aliphatic rings. The van der Waals surface area contributed by atoms with Gasteiger partial charge in [-0.2, -0.15) is 0 Å². The molecular weight excluding hydrogens is 330 g/mol. The van der Waals surface area contributed by atoms with Crippen molar-refractivity contribution in [1.82, 2.24) is 19.9 Å². The molecule has 4 rings (SSSR count). The summed E-state index contributed by atoms with van der Waals surface area (Å²) in [6, 6.07) is 8.04. The molecule has 1 aromatic carbocycles. The summed E-state index contributed by atoms with van der Waals surface area (Å²) in [4.78, 5) is 14.2. The molecule has 138 valence electrons. The van der Waals surface area contributed by atoms with Gasteiger partial charge in [-0.05, 0) is 36.8 Å². The zero-order valence-corrected chi connectivity index (χ0v) is 15.1. The van der Waals surface area contributed by atoms with E-state index in [1.165, 1.54) is 12.8 Å². The number of aromatic nitrogens is 3. The molecule has 1 aromatic heterocycles. The fraction of sp³-hybridized carbons (Fsp3) is 0.526. The third-order valence-corrected chi connectivity index (χ3v) is 5.02. The molecule has 1 aliphatic carbocycles. The van der Waals surface area contributed by atoms with Crippen LogP contribution in [0.2, 0.25) is 0 Å². The highest BCUT2D eigenvalue weighted by atomic mass is 16.5. The molecule has 0 bridgehead atoms. The van der Waals surface area contributed by atoms with Crippen molar-refractivity contribution in [1.29, 1.82) is 0 Å². The molecular formula is C19H25N5O2. The van der Waals surface area contributed by atoms with Crippen molar-refractivity contribution < 1.29 is 9.53 Å². The van der Waals surface area contributed by atoms with Crippen molar-refractivity contribution in [2.45, 2.75) is 38.8 Å². The maximum atomic E-state index is 12.4. The Morgan fingerprint density at radius 3 is 2.88 bits per heavy atom. The van der Waals surface area contributed by atoms with E-state index in [0.29, 0.717) is 19.7 Å². The Bertz CT molecular complexity index is 765. The van der Waals surface area contributed by atoms with Gasteiger partial charge in [-0.15, -0.1) is 5.10 Å². The lowest BCUT2D eigenvalue weighted by Gasteiger charge is -2.38. The maximum absolute atomic E-state index is 12.4. The summed E-state index contributed by atoms with van der Waals surface area (Å²) in [6.07, 6.45) is 5.40. The summed E-state index contributed by atoms with van der Waals surface area (Å²) in [7, 11) is 0. The number of para-hydroxylation sites is 1. The largest absolute Gasteiger partial charge is 0.375 e. The van der Waals surface area contributed by atoms with Gasteiger partial charge >= 0.3 is 6.03 Å². The predicted molar refractivity (Wildman–Crippen MR) is 97.9 cm³/mol. The molecule has 2 aromatic rings. The standard InChI is InChI=1S/C19H25N5O2/c1-2-15-5-3-4-6-18(15)20-19(25)23-10-17(11-23)24-9-16(21-22-24)13-26-12-14-7-8-14/h3-6,9,14,17H,2,7-8,10-13H2,1H3,(H,20,25). The van der Waals surface area contributed by atoms with E-state index in [1.54, 1.807) is 4.90 Å². The first-order chi connectivity index (χ1) is 12.7. The van der Waals surface area contributed by atoms with Crippen LogP contribution in [0.5, 0.6) is 0 Å². The number of urea groups is 1. The molecule has 7 nitrogen and oxygen atoms in total. The van der Waals surface area contributed by atoms with Crippen molar-refractivity contribution in [3.8, 4) is 0 Å². The molecule has 1 saturated carbocycles. The average molecular weight is 355 g/mol. The quantitative estimate of drug-likeness (QED) is 0.829. The maximum Gasteiger partial charge on any atom is 0.321 e. The van der Waals surface area contributed by atoms with Gasteiger partial charge in [0.1, 0.15) is 5.69 Å². The number of nitrogens with one attached hydrogen (secondary N) is 1. The molecule has 0 atom stereocenters. The van der Waals surface area contributed by atoms with Gasteiger partial charge in [-0.25, -0.2) is 9.48 Å². The molecule has 0 unspecified atom stereocenters. The Morgan fingerprint density at radius 1 is 1.31 bits per heavy atom. The number of aryl methyl sites for hydroxylation is 1. The molecule has 0 spiro atoms. The van der Waals surface area contributed by atoms with Gasteiger partial charge in [-0.3, -0.25) is 0 Å². The van der Waals surface area contributed by atoms with Gasteiger partial charge in [0.2, 0.25) is 0 Å². The fourth-order valence-corrected chi connectivity index (χ4v) is 3.11. The van der Waals surface area contributed by atoms with Crippen molar-refractivity contribution in [3.63, 3.8) is 0 Å². The molecule has 2 fully saturated rings. The summed E-state index contributed by atoms with van der Waals surface area (Å²) < 4.78 is 7.49. The topological polar surface area (TPSA) is 72.3 Å². The van der Waals surface area contributed by atoms with Crippen LogP contribution in [0.1, 0.15) is 37.1 Å². The number of hydrogen-bond acceptors (Lipinski definition) is 4. The number of rotatable bonds is 7. The highest BCUT2D eigenvalue weighted by molar-refractivity contribution is 5.90. The van der Waals surface area contributed by atoms with Crippen molar-refractivity contribution in [3.05, 3.63) is 41.7 Å². The smallest absolute Gasteiger partial charge is 0.321 e. The highest BCUT2D eigenvalue weighted by Crippen LogP contribution is 2.29. The van der Waals surface area contributed by atoms with E-state index < -0.39 is 0 Å². The van der Waals surface area contributed by atoms with Crippen LogP contribution in [-0.2, 0) is 17.8 Å². The van der Waals surface area contributed by atoms with E-state index in [9.17, 15) is 4.79 Å². The van der Waals surface area contributed by atoms with Gasteiger partial charge in [0.15, 0.2) is 0 Å². The number of benzene rings is 1. The first kappa shape index (κ1) is 17.0. The normalized spacial score (nSPS) is 17.2. The predicted octanol–water partition coefficient (Wildman–Crippen LogP) is 2.86. The molecule has 1 saturated heterocycles. The molecule has 2 amide bonds. The highest BCUT2D eigenvalue weighted by Gasteiger charge is 2.33. The second-order valence-corrected chi connectivity index (χ2v) is 7.15. The number of carbonyl (C=O) groups is 1. The molecule has 7 heteroatoms. The second kappa shape index (κ2) is 7.45. The van der Waals surface area contributed by atoms with Crippen LogP contribution < -0.4 is 5.32 Å². The lowest BCUT2D eigenvalue weighted by atomic mass is 10.1. The summed E-state index contributed by atoms with van der Waals surface area (Å²) in [6.45, 7) is 4.71. The first-order valence-corrected chi connectivity index (χ1v) is 9.35. The third-order valence-electron chi connectivity index (χ3n) is 5.02. The molecule has 1 N–H and O–H groups in total. The van der Waals surface area contributed by atoms with Crippen LogP contribution in [-0.4, -0.2) is 45.6 Å². The number of ether oxygens (including phenoxy) is 1. The minimum Gasteiger partial charge on any atom is -0.375 e. The van der Waals surface area contributed by atoms with Crippen LogP contribution in [0.4, 0.5) is 10.5 Å². The number of likely N-dealkylation sites (tertiary alicyclic amines) is 1. The Morgan fingerprint density at radius 2 is 2.12 bits per heavy atom. The average Bonchev–Trinajstić information content (AvgIpc) is 3.31. The van der Waals surface area contributed by atoms with E-state index in [2.05, 4.69) is 22.6 Å². The van der Waals surface area contributed by atoms with Crippen LogP contribution in [0.25, 0.3) is 0 Å². The van der Waals surface area contributed by atoms with Gasteiger partial charge in [0.25, 0.3) is 0 Å². The lowest BCUT2D eigenvalue weighted by Crippen LogP contribution is -2.52. The van der Waals surface area contributed by atoms with Gasteiger partial charge in [-0.1, -0.05) is 30.3 Å². The third kappa shape index (κ3) is 3.88. The van der Waals surface area contributed by atoms with Crippen molar-refractivity contribution >= 4 is 11.7 Å². The van der Waals surface area contributed by atoms with Crippen molar-refractivity contribution in [2.24, 2.45) is 5.92 Å². The number of anilines is 1. The molecule has 1 aliphatic heterocycles. The van der Waals surface area contributed by atoms with Gasteiger partial charge < -0.3 is 15.0 Å². The Balaban J connectivity index is 1.25. The Hall–Kier alpha value is -2.41. The minimum absolute atomic E-state index is 0.0599. The monoisotopic (exact) mass is 355 g/mol. The zero-order chi connectivity index (χ0) is 17.9. The van der Waals surface area contributed by atoms with Crippen molar-refractivity contribution in [2.75, 3.05) is 25.0 Å². The molecule has 0 radical (unpaired) electrons. The number of hydrogen-bond donors (Lipinski definition) is 1. The Kier molecular flexibility index (Phi) is 4.88. The Labute approximate surface area is 153 Å². The zero-order valence-electron chi connectivity index (χ0n) is 15.1. The summed E-state index contributed by atoms with van der Waals surface area (Å²) in [5.74, 6) is 0.751. The van der Waals surface area contributed by atoms with E-state index in [1.807, 2.05) is 35.1 Å². The van der Waals surface area contributed by atoms with E-state index in [0.717, 1.165) is 35.9 Å². The number of nitrogens with zero attached hydrogens (tertiary/aromatic N) is 4. The van der Waals surface area contributed by atoms with E-state index in [-0.39, 0.29) is 12.1 Å².